The van der Waals surface area contributed by atoms with Gasteiger partial charge in [0.1, 0.15) is 17.2 Å². The minimum atomic E-state index is 0.583. The average molecular weight is 365 g/mol. The Balaban J connectivity index is 1.55. The maximum absolute atomic E-state index is 5.96. The Morgan fingerprint density at radius 3 is 2.61 bits per heavy atom. The molecule has 0 fully saturated rings. The van der Waals surface area contributed by atoms with E-state index in [1.807, 2.05) is 83.4 Å². The minimum absolute atomic E-state index is 0.583. The summed E-state index contributed by atoms with van der Waals surface area (Å²) in [7, 11) is 0. The summed E-state index contributed by atoms with van der Waals surface area (Å²) in [4.78, 5) is 4.71. The molecule has 0 amide bonds. The summed E-state index contributed by atoms with van der Waals surface area (Å²) in [5.74, 6) is 8.77. The van der Waals surface area contributed by atoms with E-state index in [9.17, 15) is 0 Å². The topological polar surface area (TPSA) is 55.6 Å². The first-order valence-electron chi connectivity index (χ1n) is 8.82. The van der Waals surface area contributed by atoms with Crippen LogP contribution in [0.15, 0.2) is 94.1 Å². The van der Waals surface area contributed by atoms with E-state index < -0.39 is 0 Å². The van der Waals surface area contributed by atoms with Crippen LogP contribution in [0.25, 0.3) is 17.1 Å². The molecule has 5 nitrogen and oxygen atoms in total. The number of pyridine rings is 1. The lowest BCUT2D eigenvalue weighted by Crippen LogP contribution is -1.95. The first-order valence-corrected chi connectivity index (χ1v) is 8.82. The first-order chi connectivity index (χ1) is 13.9. The summed E-state index contributed by atoms with van der Waals surface area (Å²) < 4.78 is 13.3. The van der Waals surface area contributed by atoms with Crippen molar-refractivity contribution in [3.63, 3.8) is 0 Å². The van der Waals surface area contributed by atoms with E-state index in [-0.39, 0.29) is 0 Å². The monoisotopic (exact) mass is 365 g/mol. The standard InChI is InChI=1S/C23H15N3O2/c1-2-7-17(8-3-1)11-12-18-13-14-19(28-18)22-23(25-21-10-6-16-27-21)26-15-5-4-9-20(26)24-22/h1-10,13-16,25H. The Bertz CT molecular complexity index is 1290. The highest BCUT2D eigenvalue weighted by Crippen LogP contribution is 2.32. The zero-order chi connectivity index (χ0) is 18.8. The number of rotatable bonds is 3. The molecule has 28 heavy (non-hydrogen) atoms. The highest BCUT2D eigenvalue weighted by Gasteiger charge is 2.17. The van der Waals surface area contributed by atoms with E-state index in [2.05, 4.69) is 17.2 Å². The summed E-state index contributed by atoms with van der Waals surface area (Å²) in [6, 6.07) is 23.1. The normalized spacial score (nSPS) is 10.6. The molecule has 5 aromatic rings. The van der Waals surface area contributed by atoms with Crippen molar-refractivity contribution in [1.29, 1.82) is 0 Å². The predicted octanol–water partition coefficient (Wildman–Crippen LogP) is 5.33. The Kier molecular flexibility index (Phi) is 3.93. The molecule has 0 saturated heterocycles. The van der Waals surface area contributed by atoms with Crippen molar-refractivity contribution in [1.82, 2.24) is 9.38 Å². The fourth-order valence-corrected chi connectivity index (χ4v) is 2.94. The SMILES string of the molecule is C(#Cc1ccc(-c2nc3ccccn3c2Nc2ccco2)o1)c1ccccc1. The maximum Gasteiger partial charge on any atom is 0.198 e. The summed E-state index contributed by atoms with van der Waals surface area (Å²) in [6.45, 7) is 0. The summed E-state index contributed by atoms with van der Waals surface area (Å²) in [6.07, 6.45) is 3.56. The van der Waals surface area contributed by atoms with Crippen LogP contribution < -0.4 is 5.32 Å². The van der Waals surface area contributed by atoms with Crippen LogP contribution in [-0.4, -0.2) is 9.38 Å². The van der Waals surface area contributed by atoms with Crippen LogP contribution in [0.5, 0.6) is 0 Å². The highest BCUT2D eigenvalue weighted by molar-refractivity contribution is 5.76. The molecular formula is C23H15N3O2. The quantitative estimate of drug-likeness (QED) is 0.439. The van der Waals surface area contributed by atoms with Crippen molar-refractivity contribution in [3.8, 4) is 23.3 Å². The number of nitrogens with zero attached hydrogens (tertiary/aromatic N) is 2. The second-order valence-electron chi connectivity index (χ2n) is 6.12. The van der Waals surface area contributed by atoms with Crippen molar-refractivity contribution in [2.75, 3.05) is 5.32 Å². The van der Waals surface area contributed by atoms with Crippen LogP contribution in [0.2, 0.25) is 0 Å². The first kappa shape index (κ1) is 16.0. The van der Waals surface area contributed by atoms with E-state index in [1.54, 1.807) is 6.26 Å². The third-order valence-corrected chi connectivity index (χ3v) is 4.24. The number of aromatic nitrogens is 2. The van der Waals surface area contributed by atoms with Gasteiger partial charge in [0.25, 0.3) is 0 Å². The Labute approximate surface area is 161 Å². The van der Waals surface area contributed by atoms with Crippen LogP contribution in [0.4, 0.5) is 11.7 Å². The number of benzene rings is 1. The molecule has 0 aliphatic heterocycles. The molecule has 5 rings (SSSR count). The molecule has 0 aliphatic rings. The highest BCUT2D eigenvalue weighted by atomic mass is 16.3. The van der Waals surface area contributed by atoms with Gasteiger partial charge in [-0.25, -0.2) is 4.98 Å². The molecule has 0 aliphatic carbocycles. The van der Waals surface area contributed by atoms with Crippen LogP contribution in [0, 0.1) is 11.8 Å². The van der Waals surface area contributed by atoms with Crippen LogP contribution in [0.1, 0.15) is 11.3 Å². The van der Waals surface area contributed by atoms with Gasteiger partial charge in [-0.2, -0.15) is 0 Å². The van der Waals surface area contributed by atoms with Crippen molar-refractivity contribution < 1.29 is 8.83 Å². The molecule has 134 valence electrons. The number of furan rings is 2. The van der Waals surface area contributed by atoms with Crippen molar-refractivity contribution in [2.45, 2.75) is 0 Å². The van der Waals surface area contributed by atoms with Gasteiger partial charge < -0.3 is 14.2 Å². The van der Waals surface area contributed by atoms with Crippen LogP contribution in [0.3, 0.4) is 0 Å². The molecule has 4 heterocycles. The summed E-state index contributed by atoms with van der Waals surface area (Å²) >= 11 is 0. The van der Waals surface area contributed by atoms with E-state index >= 15 is 0 Å². The largest absolute Gasteiger partial charge is 0.449 e. The lowest BCUT2D eigenvalue weighted by molar-refractivity contribution is 0.567. The van der Waals surface area contributed by atoms with Crippen molar-refractivity contribution in [3.05, 3.63) is 96.6 Å². The number of anilines is 2. The fraction of sp³-hybridized carbons (Fsp3) is 0. The maximum atomic E-state index is 5.96. The number of nitrogens with one attached hydrogen (secondary N) is 1. The number of hydrogen-bond donors (Lipinski definition) is 1. The lowest BCUT2D eigenvalue weighted by atomic mass is 10.2. The number of hydrogen-bond acceptors (Lipinski definition) is 4. The van der Waals surface area contributed by atoms with Gasteiger partial charge in [-0.15, -0.1) is 0 Å². The van der Waals surface area contributed by atoms with E-state index in [1.165, 1.54) is 0 Å². The lowest BCUT2D eigenvalue weighted by Gasteiger charge is -2.04. The van der Waals surface area contributed by atoms with E-state index in [0.717, 1.165) is 17.0 Å². The van der Waals surface area contributed by atoms with Gasteiger partial charge in [0, 0.05) is 17.8 Å². The van der Waals surface area contributed by atoms with Crippen molar-refractivity contribution >= 4 is 17.3 Å². The van der Waals surface area contributed by atoms with Gasteiger partial charge in [0.05, 0.1) is 6.26 Å². The molecule has 0 atom stereocenters. The van der Waals surface area contributed by atoms with Gasteiger partial charge >= 0.3 is 0 Å². The molecule has 5 heteroatoms. The smallest absolute Gasteiger partial charge is 0.198 e. The molecule has 0 saturated carbocycles. The summed E-state index contributed by atoms with van der Waals surface area (Å²) in [5.41, 5.74) is 2.43. The second-order valence-corrected chi connectivity index (χ2v) is 6.12. The van der Waals surface area contributed by atoms with E-state index in [0.29, 0.717) is 23.1 Å². The number of fused-ring (bicyclic) bond motifs is 1. The third-order valence-electron chi connectivity index (χ3n) is 4.24. The Hall–Kier alpha value is -4.17. The molecule has 1 N–H and O–H groups in total. The Morgan fingerprint density at radius 2 is 1.75 bits per heavy atom. The van der Waals surface area contributed by atoms with Gasteiger partial charge in [-0.3, -0.25) is 4.40 Å². The van der Waals surface area contributed by atoms with Gasteiger partial charge in [-0.05, 0) is 48.4 Å². The summed E-state index contributed by atoms with van der Waals surface area (Å²) in [5, 5.41) is 3.28. The molecular weight excluding hydrogens is 350 g/mol. The average Bonchev–Trinajstić information content (AvgIpc) is 3.48. The zero-order valence-electron chi connectivity index (χ0n) is 14.8. The van der Waals surface area contributed by atoms with Crippen molar-refractivity contribution in [2.24, 2.45) is 0 Å². The number of imidazole rings is 1. The fourth-order valence-electron chi connectivity index (χ4n) is 2.94. The predicted molar refractivity (Wildman–Crippen MR) is 107 cm³/mol. The molecule has 4 aromatic heterocycles. The van der Waals surface area contributed by atoms with Crippen LogP contribution in [-0.2, 0) is 0 Å². The molecule has 0 bridgehead atoms. The van der Waals surface area contributed by atoms with E-state index in [4.69, 9.17) is 13.8 Å². The molecule has 0 unspecified atom stereocenters. The third kappa shape index (κ3) is 3.04. The van der Waals surface area contributed by atoms with Crippen LogP contribution >= 0.6 is 0 Å². The Morgan fingerprint density at radius 1 is 0.857 bits per heavy atom. The van der Waals surface area contributed by atoms with Gasteiger partial charge in [0.2, 0.25) is 0 Å². The molecule has 0 spiro atoms. The zero-order valence-corrected chi connectivity index (χ0v) is 14.8. The van der Waals surface area contributed by atoms with Gasteiger partial charge in [-0.1, -0.05) is 30.2 Å². The second kappa shape index (κ2) is 6.86. The van der Waals surface area contributed by atoms with Gasteiger partial charge in [0.15, 0.2) is 17.4 Å². The molecule has 0 radical (unpaired) electrons. The minimum Gasteiger partial charge on any atom is -0.449 e. The molecule has 1 aromatic carbocycles.